The van der Waals surface area contributed by atoms with Crippen LogP contribution in [0.2, 0.25) is 0 Å². The summed E-state index contributed by atoms with van der Waals surface area (Å²) in [5.41, 5.74) is 11.6. The molecule has 0 unspecified atom stereocenters. The molecule has 1 fully saturated rings. The van der Waals surface area contributed by atoms with Crippen molar-refractivity contribution in [2.24, 2.45) is 5.92 Å². The fourth-order valence-electron chi connectivity index (χ4n) is 7.56. The van der Waals surface area contributed by atoms with Crippen molar-refractivity contribution < 1.29 is 9.90 Å². The van der Waals surface area contributed by atoms with Gasteiger partial charge >= 0.3 is 5.97 Å². The second-order valence-corrected chi connectivity index (χ2v) is 20.8. The lowest BCUT2D eigenvalue weighted by molar-refractivity contribution is 0.0697. The molecule has 0 bridgehead atoms. The standard InChI is InChI=1S/C28H32S2.C21H24O2S.CH4/c1-19-6-7-21-17-22(9-8-20(21)16-19)28(29-14-15-30-28)23-10-11-24-25(18-23)27(4,5)13-12-26(24,2)3;1-15(2)12-13-24-20-10-8-18(9-11-20)16(3)14-17-4-6-19(7-5-17)21(22)23;/h6-11,16-18H,12-15H2,1-5H3;4-11,14-15H,12-13H2,1-3H3,(H,22,23);1H4/b;16-14+;. The van der Waals surface area contributed by atoms with E-state index < -0.39 is 5.97 Å². The Morgan fingerprint density at radius 2 is 1.31 bits per heavy atom. The van der Waals surface area contributed by atoms with Crippen LogP contribution in [0.4, 0.5) is 0 Å². The van der Waals surface area contributed by atoms with Gasteiger partial charge in [-0.15, -0.1) is 35.3 Å². The lowest BCUT2D eigenvalue weighted by atomic mass is 9.63. The average Bonchev–Trinajstić information content (AvgIpc) is 3.65. The van der Waals surface area contributed by atoms with Gasteiger partial charge in [-0.05, 0) is 136 Å². The van der Waals surface area contributed by atoms with E-state index in [9.17, 15) is 4.79 Å². The minimum atomic E-state index is -0.896. The molecule has 2 nitrogen and oxygen atoms in total. The predicted octanol–water partition coefficient (Wildman–Crippen LogP) is 14.9. The van der Waals surface area contributed by atoms with Crippen LogP contribution in [0.1, 0.15) is 124 Å². The second-order valence-electron chi connectivity index (χ2n) is 16.7. The first kappa shape index (κ1) is 42.8. The number of thioether (sulfide) groups is 3. The molecule has 55 heavy (non-hydrogen) atoms. The summed E-state index contributed by atoms with van der Waals surface area (Å²) in [6.07, 6.45) is 5.84. The molecule has 5 heteroatoms. The number of hydrogen-bond donors (Lipinski definition) is 1. The van der Waals surface area contributed by atoms with Crippen LogP contribution in [0, 0.1) is 12.8 Å². The maximum absolute atomic E-state index is 10.9. The topological polar surface area (TPSA) is 37.3 Å². The van der Waals surface area contributed by atoms with Crippen molar-refractivity contribution >= 4 is 63.7 Å². The zero-order valence-electron chi connectivity index (χ0n) is 33.3. The smallest absolute Gasteiger partial charge is 0.335 e. The molecule has 1 heterocycles. The Hall–Kier alpha value is -3.38. The fourth-order valence-corrected chi connectivity index (χ4v) is 12.0. The summed E-state index contributed by atoms with van der Waals surface area (Å²) in [5.74, 6) is 3.43. The molecule has 1 N–H and O–H groups in total. The molecule has 7 rings (SSSR count). The van der Waals surface area contributed by atoms with Gasteiger partial charge in [-0.25, -0.2) is 4.79 Å². The van der Waals surface area contributed by atoms with Crippen molar-refractivity contribution in [3.05, 3.63) is 148 Å². The van der Waals surface area contributed by atoms with Gasteiger partial charge in [0.2, 0.25) is 0 Å². The third-order valence-electron chi connectivity index (χ3n) is 11.1. The second kappa shape index (κ2) is 17.8. The molecule has 0 amide bonds. The van der Waals surface area contributed by atoms with E-state index in [-0.39, 0.29) is 22.3 Å². The Kier molecular flexibility index (Phi) is 13.9. The summed E-state index contributed by atoms with van der Waals surface area (Å²) in [6, 6.07) is 37.0. The zero-order valence-corrected chi connectivity index (χ0v) is 35.7. The molecule has 0 atom stereocenters. The van der Waals surface area contributed by atoms with Crippen molar-refractivity contribution in [1.82, 2.24) is 0 Å². The molecule has 1 saturated heterocycles. The van der Waals surface area contributed by atoms with Crippen molar-refractivity contribution in [1.29, 1.82) is 0 Å². The molecule has 2 aliphatic rings. The number of allylic oxidation sites excluding steroid dienone is 1. The Morgan fingerprint density at radius 3 is 1.95 bits per heavy atom. The number of aryl methyl sites for hydroxylation is 1. The number of hydrogen-bond acceptors (Lipinski definition) is 4. The summed E-state index contributed by atoms with van der Waals surface area (Å²) in [7, 11) is 0. The number of rotatable bonds is 9. The minimum Gasteiger partial charge on any atom is -0.478 e. The molecule has 0 spiro atoms. The Labute approximate surface area is 344 Å². The summed E-state index contributed by atoms with van der Waals surface area (Å²) in [5, 5.41) is 11.6. The molecule has 1 aliphatic carbocycles. The number of fused-ring (bicyclic) bond motifs is 2. The number of carboxylic acids is 1. The molecule has 290 valence electrons. The van der Waals surface area contributed by atoms with Gasteiger partial charge < -0.3 is 5.11 Å². The average molecular weight is 789 g/mol. The number of aromatic carboxylic acids is 1. The van der Waals surface area contributed by atoms with E-state index in [0.29, 0.717) is 5.56 Å². The highest BCUT2D eigenvalue weighted by Gasteiger charge is 2.43. The van der Waals surface area contributed by atoms with Crippen LogP contribution < -0.4 is 0 Å². The van der Waals surface area contributed by atoms with Crippen LogP contribution in [0.5, 0.6) is 0 Å². The fraction of sp³-hybridized carbons (Fsp3) is 0.380. The summed E-state index contributed by atoms with van der Waals surface area (Å²) in [6.45, 7) is 18.5. The summed E-state index contributed by atoms with van der Waals surface area (Å²) < 4.78 is 0.00573. The number of carbonyl (C=O) groups is 1. The summed E-state index contributed by atoms with van der Waals surface area (Å²) >= 11 is 6.15. The largest absolute Gasteiger partial charge is 0.478 e. The molecule has 0 saturated carbocycles. The molecule has 5 aromatic rings. The van der Waals surface area contributed by atoms with Crippen LogP contribution in [-0.4, -0.2) is 28.3 Å². The number of carboxylic acid groups (broad SMARTS) is 1. The van der Waals surface area contributed by atoms with Crippen molar-refractivity contribution in [2.45, 2.75) is 102 Å². The van der Waals surface area contributed by atoms with Crippen LogP contribution in [0.15, 0.2) is 108 Å². The van der Waals surface area contributed by atoms with Gasteiger partial charge in [0.25, 0.3) is 0 Å². The highest BCUT2D eigenvalue weighted by Crippen LogP contribution is 2.58. The van der Waals surface area contributed by atoms with Gasteiger partial charge in [0, 0.05) is 16.4 Å². The van der Waals surface area contributed by atoms with E-state index in [4.69, 9.17) is 5.11 Å². The van der Waals surface area contributed by atoms with Crippen molar-refractivity contribution in [3.63, 3.8) is 0 Å². The van der Waals surface area contributed by atoms with Crippen LogP contribution >= 0.6 is 35.3 Å². The quantitative estimate of drug-likeness (QED) is 0.119. The zero-order chi connectivity index (χ0) is 38.7. The molecule has 0 aromatic heterocycles. The van der Waals surface area contributed by atoms with E-state index in [2.05, 4.69) is 164 Å². The van der Waals surface area contributed by atoms with Gasteiger partial charge in [-0.3, -0.25) is 0 Å². The summed E-state index contributed by atoms with van der Waals surface area (Å²) in [4.78, 5) is 12.2. The van der Waals surface area contributed by atoms with Gasteiger partial charge in [0.05, 0.1) is 5.56 Å². The maximum Gasteiger partial charge on any atom is 0.335 e. The first-order valence-corrected chi connectivity index (χ1v) is 22.3. The van der Waals surface area contributed by atoms with E-state index in [1.807, 2.05) is 23.9 Å². The Balaban J connectivity index is 0.000000213. The SMILES string of the molecule is C.C/C(=C\c1ccc(C(=O)O)cc1)c1ccc(SCCC(C)C)cc1.Cc1ccc2cc(C3(c4ccc5c(c4)C(C)(C)CCC5(C)C)SCCS3)ccc2c1. The highest BCUT2D eigenvalue weighted by atomic mass is 32.2. The maximum atomic E-state index is 10.9. The van der Waals surface area contributed by atoms with Gasteiger partial charge in [-0.1, -0.05) is 133 Å². The molecule has 0 radical (unpaired) electrons. The third-order valence-corrected chi connectivity index (χ3v) is 15.7. The van der Waals surface area contributed by atoms with Gasteiger partial charge in [0.1, 0.15) is 4.08 Å². The van der Waals surface area contributed by atoms with E-state index >= 15 is 0 Å². The van der Waals surface area contributed by atoms with Crippen molar-refractivity contribution in [3.8, 4) is 0 Å². The van der Waals surface area contributed by atoms with Crippen LogP contribution in [-0.2, 0) is 14.9 Å². The Bertz CT molecular complexity index is 2120. The highest BCUT2D eigenvalue weighted by molar-refractivity contribution is 8.20. The predicted molar refractivity (Wildman–Crippen MR) is 246 cm³/mol. The molecule has 5 aromatic carbocycles. The first-order chi connectivity index (χ1) is 25.7. The molecule has 1 aliphatic heterocycles. The first-order valence-electron chi connectivity index (χ1n) is 19.4. The number of benzene rings is 5. The van der Waals surface area contributed by atoms with E-state index in [1.54, 1.807) is 23.3 Å². The lowest BCUT2D eigenvalue weighted by Gasteiger charge is -2.43. The lowest BCUT2D eigenvalue weighted by Crippen LogP contribution is -2.34. The monoisotopic (exact) mass is 788 g/mol. The van der Waals surface area contributed by atoms with Crippen molar-refractivity contribution in [2.75, 3.05) is 17.3 Å². The molecular formula is C50H60O2S3. The minimum absolute atomic E-state index is 0. The Morgan fingerprint density at radius 1 is 0.745 bits per heavy atom. The van der Waals surface area contributed by atoms with Gasteiger partial charge in [0.15, 0.2) is 0 Å². The molecular weight excluding hydrogens is 729 g/mol. The third kappa shape index (κ3) is 9.96. The van der Waals surface area contributed by atoms with Crippen LogP contribution in [0.25, 0.3) is 22.4 Å². The van der Waals surface area contributed by atoms with Gasteiger partial charge in [-0.2, -0.15) is 0 Å². The van der Waals surface area contributed by atoms with Crippen LogP contribution in [0.3, 0.4) is 0 Å². The normalized spacial score (nSPS) is 16.9. The van der Waals surface area contributed by atoms with E-state index in [0.717, 1.165) is 22.8 Å². The van der Waals surface area contributed by atoms with E-state index in [1.165, 1.54) is 68.7 Å².